The first-order chi connectivity index (χ1) is 10.2. The summed E-state index contributed by atoms with van der Waals surface area (Å²) in [5.41, 5.74) is 1.49. The van der Waals surface area contributed by atoms with Crippen molar-refractivity contribution < 1.29 is 4.48 Å². The maximum Gasteiger partial charge on any atom is 0.104 e. The molecule has 0 aliphatic rings. The molecule has 1 rings (SSSR count). The topological polar surface area (TPSA) is 0 Å². The first kappa shape index (κ1) is 18.2. The van der Waals surface area contributed by atoms with E-state index >= 15 is 0 Å². The van der Waals surface area contributed by atoms with Crippen molar-refractivity contribution in [2.45, 2.75) is 71.8 Å². The highest BCUT2D eigenvalue weighted by molar-refractivity contribution is 5.13. The molecular weight excluding hydrogens is 254 g/mol. The lowest BCUT2D eigenvalue weighted by molar-refractivity contribution is -0.923. The summed E-state index contributed by atoms with van der Waals surface area (Å²) in [6.07, 6.45) is 11.1. The van der Waals surface area contributed by atoms with E-state index in [4.69, 9.17) is 0 Å². The first-order valence-electron chi connectivity index (χ1n) is 9.07. The van der Waals surface area contributed by atoms with Crippen LogP contribution in [0, 0.1) is 0 Å². The van der Waals surface area contributed by atoms with Gasteiger partial charge in [-0.15, -0.1) is 0 Å². The van der Waals surface area contributed by atoms with Crippen LogP contribution in [0.5, 0.6) is 0 Å². The molecule has 0 saturated carbocycles. The Morgan fingerprint density at radius 3 is 1.95 bits per heavy atom. The Bertz CT molecular complexity index is 346. The molecule has 0 aliphatic heterocycles. The van der Waals surface area contributed by atoms with Gasteiger partial charge in [-0.2, -0.15) is 0 Å². The molecule has 0 N–H and O–H groups in total. The fourth-order valence-corrected chi connectivity index (χ4v) is 3.11. The summed E-state index contributed by atoms with van der Waals surface area (Å²) in [5, 5.41) is 0. The molecule has 0 aromatic heterocycles. The van der Waals surface area contributed by atoms with E-state index in [1.54, 1.807) is 0 Å². The minimum atomic E-state index is 1.19. The van der Waals surface area contributed by atoms with Crippen molar-refractivity contribution in [3.63, 3.8) is 0 Å². The van der Waals surface area contributed by atoms with E-state index in [0.29, 0.717) is 0 Å². The lowest BCUT2D eigenvalue weighted by Gasteiger charge is -2.35. The van der Waals surface area contributed by atoms with Gasteiger partial charge in [0.2, 0.25) is 0 Å². The van der Waals surface area contributed by atoms with Gasteiger partial charge in [0.25, 0.3) is 0 Å². The van der Waals surface area contributed by atoms with Gasteiger partial charge in [-0.05, 0) is 19.3 Å². The Balaban J connectivity index is 2.41. The summed E-state index contributed by atoms with van der Waals surface area (Å²) < 4.78 is 1.21. The van der Waals surface area contributed by atoms with Gasteiger partial charge in [-0.3, -0.25) is 0 Å². The molecule has 0 fully saturated rings. The van der Waals surface area contributed by atoms with Gasteiger partial charge < -0.3 is 4.48 Å². The minimum Gasteiger partial charge on any atom is -0.322 e. The summed E-state index contributed by atoms with van der Waals surface area (Å²) in [6.45, 7) is 8.44. The SMILES string of the molecule is CCCCCCCC[N+](C)(CCCC)Cc1ccccc1. The molecule has 0 amide bonds. The standard InChI is InChI=1S/C20H36N/c1-4-6-8-9-10-14-18-21(3,17-7-5-2)19-20-15-12-11-13-16-20/h11-13,15-16H,4-10,14,17-19H2,1-3H3/q+1. The van der Waals surface area contributed by atoms with Crippen LogP contribution in [0.1, 0.15) is 70.8 Å². The smallest absolute Gasteiger partial charge is 0.104 e. The second-order valence-corrected chi connectivity index (χ2v) is 6.83. The van der Waals surface area contributed by atoms with Gasteiger partial charge in [0.05, 0.1) is 20.1 Å². The molecule has 0 bridgehead atoms. The number of quaternary nitrogens is 1. The Labute approximate surface area is 133 Å². The van der Waals surface area contributed by atoms with E-state index in [1.165, 1.54) is 81.0 Å². The Hall–Kier alpha value is -0.820. The summed E-state index contributed by atoms with van der Waals surface area (Å²) >= 11 is 0. The zero-order valence-corrected chi connectivity index (χ0v) is 14.6. The second kappa shape index (κ2) is 10.8. The maximum absolute atomic E-state index is 2.45. The number of benzene rings is 1. The summed E-state index contributed by atoms with van der Waals surface area (Å²) in [4.78, 5) is 0. The fourth-order valence-electron chi connectivity index (χ4n) is 3.11. The van der Waals surface area contributed by atoms with E-state index in [-0.39, 0.29) is 0 Å². The average Bonchev–Trinajstić information content (AvgIpc) is 2.50. The van der Waals surface area contributed by atoms with Gasteiger partial charge in [-0.25, -0.2) is 0 Å². The van der Waals surface area contributed by atoms with Crippen LogP contribution in [-0.4, -0.2) is 24.6 Å². The Morgan fingerprint density at radius 1 is 0.714 bits per heavy atom. The fraction of sp³-hybridized carbons (Fsp3) is 0.700. The summed E-state index contributed by atoms with van der Waals surface area (Å²) in [5.74, 6) is 0. The molecular formula is C20H36N+. The van der Waals surface area contributed by atoms with Crippen LogP contribution in [0.25, 0.3) is 0 Å². The highest BCUT2D eigenvalue weighted by atomic mass is 15.3. The molecule has 0 saturated heterocycles. The lowest BCUT2D eigenvalue weighted by Crippen LogP contribution is -2.44. The largest absolute Gasteiger partial charge is 0.322 e. The van der Waals surface area contributed by atoms with Crippen LogP contribution in [0.3, 0.4) is 0 Å². The van der Waals surface area contributed by atoms with E-state index in [0.717, 1.165) is 0 Å². The summed E-state index contributed by atoms with van der Waals surface area (Å²) in [7, 11) is 2.45. The van der Waals surface area contributed by atoms with Crippen LogP contribution in [0.2, 0.25) is 0 Å². The minimum absolute atomic E-state index is 1.19. The molecule has 21 heavy (non-hydrogen) atoms. The monoisotopic (exact) mass is 290 g/mol. The van der Waals surface area contributed by atoms with Gasteiger partial charge in [-0.1, -0.05) is 76.3 Å². The highest BCUT2D eigenvalue weighted by Gasteiger charge is 2.20. The second-order valence-electron chi connectivity index (χ2n) is 6.83. The molecule has 0 radical (unpaired) electrons. The first-order valence-corrected chi connectivity index (χ1v) is 9.07. The van der Waals surface area contributed by atoms with Crippen LogP contribution >= 0.6 is 0 Å². The Morgan fingerprint density at radius 2 is 1.29 bits per heavy atom. The Kier molecular flexibility index (Phi) is 9.41. The van der Waals surface area contributed by atoms with Crippen LogP contribution in [0.4, 0.5) is 0 Å². The molecule has 1 heteroatoms. The van der Waals surface area contributed by atoms with Gasteiger partial charge >= 0.3 is 0 Å². The van der Waals surface area contributed by atoms with Gasteiger partial charge in [0.1, 0.15) is 6.54 Å². The number of unbranched alkanes of at least 4 members (excludes halogenated alkanes) is 6. The van der Waals surface area contributed by atoms with Crippen molar-refractivity contribution >= 4 is 0 Å². The van der Waals surface area contributed by atoms with Gasteiger partial charge in [0.15, 0.2) is 0 Å². The molecule has 0 spiro atoms. The third-order valence-corrected chi connectivity index (χ3v) is 4.51. The van der Waals surface area contributed by atoms with Crippen molar-refractivity contribution in [1.82, 2.24) is 0 Å². The average molecular weight is 291 g/mol. The normalized spacial score (nSPS) is 14.0. The molecule has 1 nitrogen and oxygen atoms in total. The van der Waals surface area contributed by atoms with Crippen molar-refractivity contribution in [3.8, 4) is 0 Å². The number of hydrogen-bond acceptors (Lipinski definition) is 0. The van der Waals surface area contributed by atoms with Gasteiger partial charge in [0, 0.05) is 5.56 Å². The van der Waals surface area contributed by atoms with Crippen molar-refractivity contribution in [1.29, 1.82) is 0 Å². The zero-order valence-electron chi connectivity index (χ0n) is 14.6. The third kappa shape index (κ3) is 8.26. The van der Waals surface area contributed by atoms with Crippen molar-refractivity contribution in [2.24, 2.45) is 0 Å². The third-order valence-electron chi connectivity index (χ3n) is 4.51. The molecule has 1 unspecified atom stereocenters. The predicted molar refractivity (Wildman–Crippen MR) is 94.3 cm³/mol. The van der Waals surface area contributed by atoms with Crippen LogP contribution < -0.4 is 0 Å². The lowest BCUT2D eigenvalue weighted by atomic mass is 10.1. The molecule has 120 valence electrons. The summed E-state index contributed by atoms with van der Waals surface area (Å²) in [6, 6.07) is 11.0. The molecule has 1 atom stereocenters. The van der Waals surface area contributed by atoms with E-state index in [9.17, 15) is 0 Å². The van der Waals surface area contributed by atoms with Crippen molar-refractivity contribution in [3.05, 3.63) is 35.9 Å². The van der Waals surface area contributed by atoms with Crippen LogP contribution in [-0.2, 0) is 6.54 Å². The number of rotatable bonds is 12. The molecule has 0 heterocycles. The van der Waals surface area contributed by atoms with Crippen molar-refractivity contribution in [2.75, 3.05) is 20.1 Å². The molecule has 1 aromatic rings. The van der Waals surface area contributed by atoms with E-state index in [1.807, 2.05) is 0 Å². The maximum atomic E-state index is 2.45. The predicted octanol–water partition coefficient (Wildman–Crippen LogP) is 5.79. The molecule has 1 aromatic carbocycles. The quantitative estimate of drug-likeness (QED) is 0.337. The molecule has 0 aliphatic carbocycles. The van der Waals surface area contributed by atoms with E-state index < -0.39 is 0 Å². The number of nitrogens with zero attached hydrogens (tertiary/aromatic N) is 1. The van der Waals surface area contributed by atoms with Crippen LogP contribution in [0.15, 0.2) is 30.3 Å². The zero-order chi connectivity index (χ0) is 15.4. The van der Waals surface area contributed by atoms with E-state index in [2.05, 4.69) is 51.2 Å². The number of hydrogen-bond donors (Lipinski definition) is 0. The highest BCUT2D eigenvalue weighted by Crippen LogP contribution is 2.16.